The zero-order valence-electron chi connectivity index (χ0n) is 18.4. The minimum absolute atomic E-state index is 0.0198. The van der Waals surface area contributed by atoms with E-state index in [1.54, 1.807) is 37.4 Å². The molecule has 0 aliphatic rings. The Morgan fingerprint density at radius 3 is 2.46 bits per heavy atom. The lowest BCUT2D eigenvalue weighted by Crippen LogP contribution is -2.16. The Kier molecular flexibility index (Phi) is 6.39. The van der Waals surface area contributed by atoms with Crippen molar-refractivity contribution < 1.29 is 36.7 Å². The van der Waals surface area contributed by atoms with Crippen molar-refractivity contribution in [3.05, 3.63) is 70.1 Å². The van der Waals surface area contributed by atoms with Gasteiger partial charge < -0.3 is 24.9 Å². The van der Waals surface area contributed by atoms with E-state index in [2.05, 4.69) is 10.3 Å². The van der Waals surface area contributed by atoms with E-state index >= 15 is 0 Å². The van der Waals surface area contributed by atoms with Crippen LogP contribution >= 0.6 is 11.3 Å². The SMILES string of the molecule is COc1ccc(OCc2ccc(C(=O)Nc3c(C(N)=O)sc4nc(C(F)(F)F)cc(C)c34)o2)cc1. The van der Waals surface area contributed by atoms with Gasteiger partial charge in [-0.15, -0.1) is 11.3 Å². The number of methoxy groups -OCH3 is 1. The Morgan fingerprint density at radius 2 is 1.83 bits per heavy atom. The Hall–Kier alpha value is -4.06. The maximum absolute atomic E-state index is 13.2. The number of nitrogens with one attached hydrogen (secondary N) is 1. The fourth-order valence-corrected chi connectivity index (χ4v) is 4.36. The number of alkyl halides is 3. The van der Waals surface area contributed by atoms with Gasteiger partial charge in [0.15, 0.2) is 5.76 Å². The molecule has 3 N–H and O–H groups in total. The smallest absolute Gasteiger partial charge is 0.433 e. The second-order valence-electron chi connectivity index (χ2n) is 7.36. The minimum atomic E-state index is -4.67. The van der Waals surface area contributed by atoms with Crippen molar-refractivity contribution in [2.24, 2.45) is 5.73 Å². The first-order valence-corrected chi connectivity index (χ1v) is 10.9. The van der Waals surface area contributed by atoms with Crippen LogP contribution in [-0.4, -0.2) is 23.9 Å². The predicted octanol–water partition coefficient (Wildman–Crippen LogP) is 5.16. The Balaban J connectivity index is 1.56. The quantitative estimate of drug-likeness (QED) is 0.359. The number of pyridine rings is 1. The van der Waals surface area contributed by atoms with Crippen LogP contribution in [0.1, 0.15) is 37.2 Å². The van der Waals surface area contributed by atoms with Crippen LogP contribution < -0.4 is 20.5 Å². The highest BCUT2D eigenvalue weighted by atomic mass is 32.1. The molecule has 182 valence electrons. The van der Waals surface area contributed by atoms with Gasteiger partial charge in [0.2, 0.25) is 0 Å². The molecule has 0 fully saturated rings. The van der Waals surface area contributed by atoms with Gasteiger partial charge in [0.05, 0.1) is 12.8 Å². The number of furan rings is 1. The summed E-state index contributed by atoms with van der Waals surface area (Å²) in [5, 5.41) is 2.73. The Morgan fingerprint density at radius 1 is 1.14 bits per heavy atom. The number of carbonyl (C=O) groups is 2. The van der Waals surface area contributed by atoms with Gasteiger partial charge in [-0.2, -0.15) is 13.2 Å². The molecule has 12 heteroatoms. The second-order valence-corrected chi connectivity index (χ2v) is 8.36. The van der Waals surface area contributed by atoms with Gasteiger partial charge in [0.1, 0.15) is 39.3 Å². The molecule has 35 heavy (non-hydrogen) atoms. The Bertz CT molecular complexity index is 1410. The molecular formula is C23H18F3N3O5S. The fraction of sp³-hybridized carbons (Fsp3) is 0.174. The van der Waals surface area contributed by atoms with Crippen molar-refractivity contribution in [1.82, 2.24) is 4.98 Å². The zero-order chi connectivity index (χ0) is 25.3. The number of ether oxygens (including phenoxy) is 2. The summed E-state index contributed by atoms with van der Waals surface area (Å²) in [6, 6.07) is 10.7. The lowest BCUT2D eigenvalue weighted by Gasteiger charge is -2.09. The van der Waals surface area contributed by atoms with Gasteiger partial charge in [0.25, 0.3) is 11.8 Å². The number of thiophene rings is 1. The molecule has 4 aromatic rings. The zero-order valence-corrected chi connectivity index (χ0v) is 19.2. The molecule has 0 unspecified atom stereocenters. The normalized spacial score (nSPS) is 11.5. The molecule has 0 aliphatic heterocycles. The molecule has 1 aromatic carbocycles. The molecule has 3 aromatic heterocycles. The molecule has 0 saturated carbocycles. The van der Waals surface area contributed by atoms with Crippen LogP contribution in [0, 0.1) is 6.92 Å². The van der Waals surface area contributed by atoms with Crippen LogP contribution in [0.2, 0.25) is 0 Å². The van der Waals surface area contributed by atoms with Crippen LogP contribution in [0.5, 0.6) is 11.5 Å². The number of carbonyl (C=O) groups excluding carboxylic acids is 2. The third-order valence-electron chi connectivity index (χ3n) is 4.94. The molecule has 4 rings (SSSR count). The summed E-state index contributed by atoms with van der Waals surface area (Å²) < 4.78 is 55.7. The molecule has 2 amide bonds. The number of benzene rings is 1. The summed E-state index contributed by atoms with van der Waals surface area (Å²) in [6.07, 6.45) is -4.67. The van der Waals surface area contributed by atoms with Gasteiger partial charge in [0, 0.05) is 5.39 Å². The number of aromatic nitrogens is 1. The van der Waals surface area contributed by atoms with E-state index in [9.17, 15) is 22.8 Å². The van der Waals surface area contributed by atoms with E-state index in [0.29, 0.717) is 28.6 Å². The largest absolute Gasteiger partial charge is 0.497 e. The van der Waals surface area contributed by atoms with E-state index in [1.807, 2.05) is 0 Å². The number of nitrogens with zero attached hydrogens (tertiary/aromatic N) is 1. The number of primary amides is 1. The van der Waals surface area contributed by atoms with Crippen LogP contribution in [0.25, 0.3) is 10.2 Å². The van der Waals surface area contributed by atoms with Crippen LogP contribution in [0.3, 0.4) is 0 Å². The topological polar surface area (TPSA) is 117 Å². The number of hydrogen-bond acceptors (Lipinski definition) is 7. The first-order valence-electron chi connectivity index (χ1n) is 10.0. The van der Waals surface area contributed by atoms with Gasteiger partial charge in [-0.05, 0) is 55.0 Å². The highest BCUT2D eigenvalue weighted by Crippen LogP contribution is 2.40. The molecule has 0 bridgehead atoms. The van der Waals surface area contributed by atoms with Gasteiger partial charge >= 0.3 is 6.18 Å². The number of hydrogen-bond donors (Lipinski definition) is 2. The average molecular weight is 505 g/mol. The molecule has 8 nitrogen and oxygen atoms in total. The third-order valence-corrected chi connectivity index (χ3v) is 6.04. The molecule has 0 spiro atoms. The van der Waals surface area contributed by atoms with Gasteiger partial charge in [-0.25, -0.2) is 4.98 Å². The van der Waals surface area contributed by atoms with Crippen molar-refractivity contribution in [3.8, 4) is 11.5 Å². The highest BCUT2D eigenvalue weighted by molar-refractivity contribution is 7.21. The number of amides is 2. The molecular weight excluding hydrogens is 487 g/mol. The number of rotatable bonds is 7. The standard InChI is InChI=1S/C23H18F3N3O5S/c1-11-9-16(23(24,25)26)28-22-17(11)18(19(35-22)20(27)30)29-21(31)15-8-7-14(34-15)10-33-13-5-3-12(32-2)4-6-13/h3-9H,10H2,1-2H3,(H2,27,30)(H,29,31). The lowest BCUT2D eigenvalue weighted by atomic mass is 10.1. The molecule has 0 saturated heterocycles. The van der Waals surface area contributed by atoms with Crippen molar-refractivity contribution in [2.45, 2.75) is 19.7 Å². The second kappa shape index (κ2) is 9.29. The molecule has 3 heterocycles. The maximum Gasteiger partial charge on any atom is 0.433 e. The van der Waals surface area contributed by atoms with E-state index in [0.717, 1.165) is 6.07 Å². The summed E-state index contributed by atoms with van der Waals surface area (Å²) >= 11 is 0.667. The van der Waals surface area contributed by atoms with Gasteiger partial charge in [-0.3, -0.25) is 9.59 Å². The summed E-state index contributed by atoms with van der Waals surface area (Å²) in [5.41, 5.74) is 4.46. The third kappa shape index (κ3) is 5.06. The summed E-state index contributed by atoms with van der Waals surface area (Å²) in [6.45, 7) is 1.46. The van der Waals surface area contributed by atoms with Crippen molar-refractivity contribution in [1.29, 1.82) is 0 Å². The molecule has 0 atom stereocenters. The molecule has 0 aliphatic carbocycles. The van der Waals surface area contributed by atoms with Crippen LogP contribution in [-0.2, 0) is 12.8 Å². The number of anilines is 1. The molecule has 0 radical (unpaired) electrons. The monoisotopic (exact) mass is 505 g/mol. The van der Waals surface area contributed by atoms with E-state index in [1.165, 1.54) is 13.0 Å². The van der Waals surface area contributed by atoms with Gasteiger partial charge in [-0.1, -0.05) is 0 Å². The highest BCUT2D eigenvalue weighted by Gasteiger charge is 2.34. The van der Waals surface area contributed by atoms with Crippen LogP contribution in [0.15, 0.2) is 46.9 Å². The lowest BCUT2D eigenvalue weighted by molar-refractivity contribution is -0.141. The van der Waals surface area contributed by atoms with E-state index < -0.39 is 23.7 Å². The average Bonchev–Trinajstić information content (AvgIpc) is 3.43. The first-order chi connectivity index (χ1) is 16.6. The van der Waals surface area contributed by atoms with E-state index in [-0.39, 0.29) is 38.7 Å². The van der Waals surface area contributed by atoms with Crippen LogP contribution in [0.4, 0.5) is 18.9 Å². The van der Waals surface area contributed by atoms with Crippen molar-refractivity contribution in [3.63, 3.8) is 0 Å². The number of fused-ring (bicyclic) bond motifs is 1. The summed E-state index contributed by atoms with van der Waals surface area (Å²) in [4.78, 5) is 28.2. The summed E-state index contributed by atoms with van der Waals surface area (Å²) in [5.74, 6) is -0.142. The summed E-state index contributed by atoms with van der Waals surface area (Å²) in [7, 11) is 1.55. The first kappa shape index (κ1) is 24.1. The Labute approximate surface area is 200 Å². The maximum atomic E-state index is 13.2. The predicted molar refractivity (Wildman–Crippen MR) is 122 cm³/mol. The minimum Gasteiger partial charge on any atom is -0.497 e. The number of aryl methyl sites for hydroxylation is 1. The van der Waals surface area contributed by atoms with Crippen molar-refractivity contribution in [2.75, 3.05) is 12.4 Å². The number of nitrogens with two attached hydrogens (primary N) is 1. The van der Waals surface area contributed by atoms with E-state index in [4.69, 9.17) is 19.6 Å². The van der Waals surface area contributed by atoms with Crippen molar-refractivity contribution >= 4 is 39.1 Å². The fourth-order valence-electron chi connectivity index (χ4n) is 3.30. The number of halogens is 3.